The van der Waals surface area contributed by atoms with E-state index in [2.05, 4.69) is 16.0 Å². The Kier molecular flexibility index (Phi) is 5.88. The number of para-hydroxylation sites is 1. The van der Waals surface area contributed by atoms with Crippen LogP contribution in [-0.2, 0) is 33.4 Å². The summed E-state index contributed by atoms with van der Waals surface area (Å²) < 4.78 is 29.5. The number of piperidine rings is 1. The number of hydrogen-bond acceptors (Lipinski definition) is 5. The number of nitrogens with one attached hydrogen (secondary N) is 3. The Bertz CT molecular complexity index is 1210. The minimum atomic E-state index is -3.76. The standard InChI is InChI=1S/C23H21BF2N4O4/c1-27-17-5-3-2-4-16(17)23(25,26)21(34)28-11-13-6-7-15-14(10-13)12-30(19(15)32)22(24)9-8-18(31)29-20(22)33/h2-7,10,27H,8-9,11-12H2,1H3,(H,28,34)(H,29,31,33). The normalized spacial score (nSPS) is 20.1. The Morgan fingerprint density at radius 2 is 1.94 bits per heavy atom. The molecule has 0 saturated carbocycles. The highest BCUT2D eigenvalue weighted by Gasteiger charge is 2.48. The van der Waals surface area contributed by atoms with E-state index in [0.717, 1.165) is 0 Å². The third-order valence-electron chi connectivity index (χ3n) is 6.11. The maximum Gasteiger partial charge on any atom is 0.351 e. The van der Waals surface area contributed by atoms with Gasteiger partial charge in [-0.3, -0.25) is 24.5 Å². The van der Waals surface area contributed by atoms with E-state index in [4.69, 9.17) is 7.85 Å². The van der Waals surface area contributed by atoms with E-state index in [1.807, 2.05) is 0 Å². The molecule has 0 bridgehead atoms. The molecule has 11 heteroatoms. The second kappa shape index (κ2) is 8.55. The lowest BCUT2D eigenvalue weighted by molar-refractivity contribution is -0.147. The predicted molar refractivity (Wildman–Crippen MR) is 119 cm³/mol. The molecular weight excluding hydrogens is 445 g/mol. The highest BCUT2D eigenvalue weighted by molar-refractivity contribution is 6.32. The molecule has 4 amide bonds. The average Bonchev–Trinajstić information content (AvgIpc) is 3.16. The van der Waals surface area contributed by atoms with E-state index >= 15 is 0 Å². The van der Waals surface area contributed by atoms with Gasteiger partial charge >= 0.3 is 5.92 Å². The quantitative estimate of drug-likeness (QED) is 0.441. The second-order valence-corrected chi connectivity index (χ2v) is 8.24. The van der Waals surface area contributed by atoms with Gasteiger partial charge in [0.15, 0.2) is 0 Å². The van der Waals surface area contributed by atoms with Gasteiger partial charge in [-0.2, -0.15) is 8.78 Å². The number of fused-ring (bicyclic) bond motifs is 1. The zero-order valence-electron chi connectivity index (χ0n) is 18.3. The second-order valence-electron chi connectivity index (χ2n) is 8.24. The SMILES string of the molecule is [B]C1(N2Cc3cc(CNC(=O)C(F)(F)c4ccccc4NC)ccc3C2=O)CCC(=O)NC1=O. The van der Waals surface area contributed by atoms with E-state index in [9.17, 15) is 28.0 Å². The van der Waals surface area contributed by atoms with Crippen LogP contribution in [0.2, 0.25) is 0 Å². The minimum Gasteiger partial charge on any atom is -0.388 e. The summed E-state index contributed by atoms with van der Waals surface area (Å²) >= 11 is 0. The van der Waals surface area contributed by atoms with Crippen LogP contribution >= 0.6 is 0 Å². The summed E-state index contributed by atoms with van der Waals surface area (Å²) in [5.74, 6) is -6.89. The fourth-order valence-corrected chi connectivity index (χ4v) is 4.17. The van der Waals surface area contributed by atoms with Crippen molar-refractivity contribution in [3.05, 3.63) is 64.7 Å². The van der Waals surface area contributed by atoms with Gasteiger partial charge in [-0.1, -0.05) is 30.3 Å². The molecule has 0 aliphatic carbocycles. The summed E-state index contributed by atoms with van der Waals surface area (Å²) in [5.41, 5.74) is -0.614. The molecule has 174 valence electrons. The van der Waals surface area contributed by atoms with E-state index in [0.29, 0.717) is 16.7 Å². The summed E-state index contributed by atoms with van der Waals surface area (Å²) in [7, 11) is 7.69. The monoisotopic (exact) mass is 466 g/mol. The van der Waals surface area contributed by atoms with Gasteiger partial charge in [0.25, 0.3) is 11.8 Å². The average molecular weight is 466 g/mol. The van der Waals surface area contributed by atoms with Gasteiger partial charge in [0.1, 0.15) is 7.85 Å². The number of hydrogen-bond donors (Lipinski definition) is 3. The molecule has 1 saturated heterocycles. The third kappa shape index (κ3) is 3.91. The van der Waals surface area contributed by atoms with Gasteiger partial charge in [0, 0.05) is 37.8 Å². The minimum absolute atomic E-state index is 0.00450. The molecule has 8 nitrogen and oxygen atoms in total. The molecule has 2 heterocycles. The predicted octanol–water partition coefficient (Wildman–Crippen LogP) is 1.39. The number of imide groups is 1. The first kappa shape index (κ1) is 23.4. The molecule has 34 heavy (non-hydrogen) atoms. The molecule has 4 rings (SSSR count). The molecule has 1 unspecified atom stereocenters. The van der Waals surface area contributed by atoms with Crippen LogP contribution in [0.15, 0.2) is 42.5 Å². The summed E-state index contributed by atoms with van der Waals surface area (Å²) in [6.45, 7) is -0.180. The van der Waals surface area contributed by atoms with Crippen molar-refractivity contribution in [2.45, 2.75) is 37.3 Å². The first-order chi connectivity index (χ1) is 16.1. The largest absolute Gasteiger partial charge is 0.388 e. The highest BCUT2D eigenvalue weighted by Crippen LogP contribution is 2.35. The van der Waals surface area contributed by atoms with Crippen molar-refractivity contribution in [1.29, 1.82) is 0 Å². The van der Waals surface area contributed by atoms with Crippen molar-refractivity contribution in [1.82, 2.24) is 15.5 Å². The Labute approximate surface area is 195 Å². The molecule has 2 aromatic rings. The Balaban J connectivity index is 1.47. The summed E-state index contributed by atoms with van der Waals surface area (Å²) in [4.78, 5) is 50.2. The van der Waals surface area contributed by atoms with Crippen LogP contribution in [0.4, 0.5) is 14.5 Å². The van der Waals surface area contributed by atoms with Gasteiger partial charge in [-0.15, -0.1) is 0 Å². The molecular formula is C23H21BF2N4O4. The van der Waals surface area contributed by atoms with Crippen LogP contribution < -0.4 is 16.0 Å². The molecule has 2 aliphatic heterocycles. The number of benzene rings is 2. The molecule has 3 N–H and O–H groups in total. The van der Waals surface area contributed by atoms with Gasteiger partial charge in [-0.25, -0.2) is 0 Å². The Hall–Kier alpha value is -3.76. The molecule has 2 radical (unpaired) electrons. The Morgan fingerprint density at radius 1 is 1.21 bits per heavy atom. The van der Waals surface area contributed by atoms with Crippen molar-refractivity contribution in [3.63, 3.8) is 0 Å². The fourth-order valence-electron chi connectivity index (χ4n) is 4.17. The van der Waals surface area contributed by atoms with Crippen LogP contribution in [0, 0.1) is 0 Å². The molecule has 2 aromatic carbocycles. The van der Waals surface area contributed by atoms with Crippen molar-refractivity contribution in [2.24, 2.45) is 0 Å². The van der Waals surface area contributed by atoms with Crippen molar-refractivity contribution in [2.75, 3.05) is 12.4 Å². The smallest absolute Gasteiger partial charge is 0.351 e. The zero-order chi connectivity index (χ0) is 24.7. The lowest BCUT2D eigenvalue weighted by atomic mass is 9.70. The lowest BCUT2D eigenvalue weighted by Gasteiger charge is -2.40. The van der Waals surface area contributed by atoms with Crippen molar-refractivity contribution < 1.29 is 28.0 Å². The number of halogens is 2. The first-order valence-corrected chi connectivity index (χ1v) is 10.6. The van der Waals surface area contributed by atoms with Crippen molar-refractivity contribution in [3.8, 4) is 0 Å². The summed E-state index contributed by atoms with van der Waals surface area (Å²) in [6.07, 6.45) is -0.00593. The Morgan fingerprint density at radius 3 is 2.65 bits per heavy atom. The maximum atomic E-state index is 14.8. The summed E-state index contributed by atoms with van der Waals surface area (Å²) in [5, 5.41) is 7.05. The van der Waals surface area contributed by atoms with E-state index in [1.165, 1.54) is 42.3 Å². The number of rotatable bonds is 6. The lowest BCUT2D eigenvalue weighted by Crippen LogP contribution is -2.63. The van der Waals surface area contributed by atoms with Gasteiger partial charge in [0.05, 0.1) is 11.0 Å². The molecule has 0 aromatic heterocycles. The summed E-state index contributed by atoms with van der Waals surface area (Å²) in [6, 6.07) is 10.3. The van der Waals surface area contributed by atoms with Crippen LogP contribution in [0.5, 0.6) is 0 Å². The fraction of sp³-hybridized carbons (Fsp3) is 0.304. The number of nitrogens with zero attached hydrogens (tertiary/aromatic N) is 1. The van der Waals surface area contributed by atoms with Crippen LogP contribution in [-0.4, -0.2) is 48.9 Å². The van der Waals surface area contributed by atoms with Gasteiger partial charge in [0.2, 0.25) is 11.8 Å². The number of carbonyl (C=O) groups is 4. The highest BCUT2D eigenvalue weighted by atomic mass is 19.3. The first-order valence-electron chi connectivity index (χ1n) is 10.6. The van der Waals surface area contributed by atoms with Crippen LogP contribution in [0.1, 0.15) is 39.9 Å². The number of carbonyl (C=O) groups excluding carboxylic acids is 4. The van der Waals surface area contributed by atoms with Crippen LogP contribution in [0.3, 0.4) is 0 Å². The van der Waals surface area contributed by atoms with E-state index in [-0.39, 0.29) is 31.6 Å². The molecule has 0 spiro atoms. The number of alkyl halides is 2. The van der Waals surface area contributed by atoms with Gasteiger partial charge < -0.3 is 15.5 Å². The molecule has 2 aliphatic rings. The van der Waals surface area contributed by atoms with Gasteiger partial charge in [-0.05, 0) is 29.7 Å². The van der Waals surface area contributed by atoms with Crippen molar-refractivity contribution >= 4 is 37.2 Å². The number of anilines is 1. The molecule has 1 atom stereocenters. The maximum absolute atomic E-state index is 14.8. The zero-order valence-corrected chi connectivity index (χ0v) is 18.3. The van der Waals surface area contributed by atoms with E-state index in [1.54, 1.807) is 12.1 Å². The topological polar surface area (TPSA) is 108 Å². The van der Waals surface area contributed by atoms with E-state index < -0.39 is 40.6 Å². The molecule has 1 fully saturated rings. The third-order valence-corrected chi connectivity index (χ3v) is 6.11. The van der Waals surface area contributed by atoms with Crippen LogP contribution in [0.25, 0.3) is 0 Å². The number of amides is 4.